The minimum atomic E-state index is 1.08. The second kappa shape index (κ2) is 2.62. The van der Waals surface area contributed by atoms with Crippen LogP contribution in [0.5, 0.6) is 0 Å². The normalized spacial score (nSPS) is 8.56. The number of aryl methyl sites for hydroxylation is 1. The topological polar surface area (TPSA) is 12.9 Å². The molecule has 1 aromatic rings. The summed E-state index contributed by atoms with van der Waals surface area (Å²) in [6.45, 7) is 5.44. The molecule has 0 amide bonds. The van der Waals surface area contributed by atoms with E-state index in [1.54, 1.807) is 11.3 Å². The lowest BCUT2D eigenvalue weighted by molar-refractivity contribution is 1.30. The van der Waals surface area contributed by atoms with E-state index in [0.717, 1.165) is 9.88 Å². The molecule has 0 aromatic carbocycles. The molecule has 9 heavy (non-hydrogen) atoms. The molecule has 0 aliphatic heterocycles. The highest BCUT2D eigenvalue weighted by Crippen LogP contribution is 2.11. The SMILES string of the molecule is C=C=Cc1cnc(C)s1. The molecule has 1 nitrogen and oxygen atoms in total. The molecule has 1 heterocycles. The van der Waals surface area contributed by atoms with Gasteiger partial charge in [0.1, 0.15) is 0 Å². The fraction of sp³-hybridized carbons (Fsp3) is 0.143. The van der Waals surface area contributed by atoms with Crippen LogP contribution in [0.1, 0.15) is 9.88 Å². The first-order valence-corrected chi connectivity index (χ1v) is 3.43. The van der Waals surface area contributed by atoms with E-state index >= 15 is 0 Å². The zero-order valence-electron chi connectivity index (χ0n) is 5.22. The van der Waals surface area contributed by atoms with Crippen molar-refractivity contribution < 1.29 is 0 Å². The molecule has 0 bridgehead atoms. The van der Waals surface area contributed by atoms with Crippen LogP contribution in [0.4, 0.5) is 0 Å². The molecule has 0 atom stereocenters. The van der Waals surface area contributed by atoms with Crippen molar-refractivity contribution in [3.05, 3.63) is 28.4 Å². The maximum absolute atomic E-state index is 4.05. The average Bonchev–Trinajstić information content (AvgIpc) is 2.17. The van der Waals surface area contributed by atoms with E-state index in [9.17, 15) is 0 Å². The van der Waals surface area contributed by atoms with Crippen molar-refractivity contribution >= 4 is 17.4 Å². The third-order valence-electron chi connectivity index (χ3n) is 0.883. The van der Waals surface area contributed by atoms with E-state index in [1.807, 2.05) is 19.2 Å². The van der Waals surface area contributed by atoms with Gasteiger partial charge in [0, 0.05) is 6.20 Å². The molecule has 1 aromatic heterocycles. The fourth-order valence-electron chi connectivity index (χ4n) is 0.545. The Kier molecular flexibility index (Phi) is 1.83. The zero-order chi connectivity index (χ0) is 6.69. The van der Waals surface area contributed by atoms with Crippen LogP contribution in [0, 0.1) is 6.92 Å². The van der Waals surface area contributed by atoms with Gasteiger partial charge in [0.2, 0.25) is 0 Å². The Bertz CT molecular complexity index is 243. The highest BCUT2D eigenvalue weighted by atomic mass is 32.1. The second-order valence-electron chi connectivity index (χ2n) is 1.63. The Morgan fingerprint density at radius 3 is 3.11 bits per heavy atom. The maximum Gasteiger partial charge on any atom is 0.0900 e. The van der Waals surface area contributed by atoms with Crippen molar-refractivity contribution in [2.75, 3.05) is 0 Å². The summed E-state index contributed by atoms with van der Waals surface area (Å²) < 4.78 is 0. The number of hydrogen-bond acceptors (Lipinski definition) is 2. The van der Waals surface area contributed by atoms with Crippen molar-refractivity contribution in [3.63, 3.8) is 0 Å². The number of nitrogens with zero attached hydrogens (tertiary/aromatic N) is 1. The Labute approximate surface area is 58.4 Å². The molecule has 0 radical (unpaired) electrons. The second-order valence-corrected chi connectivity index (χ2v) is 2.90. The van der Waals surface area contributed by atoms with Crippen LogP contribution in [-0.4, -0.2) is 4.98 Å². The van der Waals surface area contributed by atoms with Gasteiger partial charge in [-0.15, -0.1) is 17.1 Å². The van der Waals surface area contributed by atoms with Gasteiger partial charge >= 0.3 is 0 Å². The number of aromatic nitrogens is 1. The molecular formula is C7H7NS. The molecule has 0 N–H and O–H groups in total. The predicted octanol–water partition coefficient (Wildman–Crippen LogP) is 2.25. The first kappa shape index (κ1) is 6.27. The third-order valence-corrected chi connectivity index (χ3v) is 1.74. The van der Waals surface area contributed by atoms with Gasteiger partial charge in [-0.25, -0.2) is 4.98 Å². The van der Waals surface area contributed by atoms with Crippen molar-refractivity contribution in [2.45, 2.75) is 6.92 Å². The largest absolute Gasteiger partial charge is 0.249 e. The number of rotatable bonds is 1. The quantitative estimate of drug-likeness (QED) is 0.541. The van der Waals surface area contributed by atoms with Gasteiger partial charge in [0.15, 0.2) is 0 Å². The van der Waals surface area contributed by atoms with Crippen LogP contribution in [0.2, 0.25) is 0 Å². The Balaban J connectivity index is 2.97. The summed E-state index contributed by atoms with van der Waals surface area (Å²) >= 11 is 1.64. The first-order chi connectivity index (χ1) is 4.33. The summed E-state index contributed by atoms with van der Waals surface area (Å²) in [5.41, 5.74) is 2.69. The fourth-order valence-corrected chi connectivity index (χ4v) is 1.24. The standard InChI is InChI=1S/C7H7NS/c1-3-4-7-5-8-6(2)9-7/h4-5H,1H2,2H3. The minimum Gasteiger partial charge on any atom is -0.249 e. The summed E-state index contributed by atoms with van der Waals surface area (Å²) in [6.07, 6.45) is 3.64. The van der Waals surface area contributed by atoms with Gasteiger partial charge in [-0.1, -0.05) is 6.58 Å². The van der Waals surface area contributed by atoms with Gasteiger partial charge in [-0.3, -0.25) is 0 Å². The van der Waals surface area contributed by atoms with Crippen LogP contribution in [0.15, 0.2) is 18.5 Å². The van der Waals surface area contributed by atoms with Crippen LogP contribution < -0.4 is 0 Å². The van der Waals surface area contributed by atoms with E-state index in [4.69, 9.17) is 0 Å². The summed E-state index contributed by atoms with van der Waals surface area (Å²) in [4.78, 5) is 5.17. The highest BCUT2D eigenvalue weighted by molar-refractivity contribution is 7.12. The lowest BCUT2D eigenvalue weighted by Crippen LogP contribution is -1.57. The Morgan fingerprint density at radius 2 is 2.67 bits per heavy atom. The molecule has 0 aliphatic carbocycles. The predicted molar refractivity (Wildman–Crippen MR) is 40.5 cm³/mol. The highest BCUT2D eigenvalue weighted by Gasteiger charge is 1.89. The molecule has 46 valence electrons. The van der Waals surface area contributed by atoms with Crippen molar-refractivity contribution in [2.24, 2.45) is 0 Å². The van der Waals surface area contributed by atoms with E-state index in [0.29, 0.717) is 0 Å². The minimum absolute atomic E-state index is 1.08. The third kappa shape index (κ3) is 1.53. The van der Waals surface area contributed by atoms with E-state index in [1.165, 1.54) is 0 Å². The summed E-state index contributed by atoms with van der Waals surface area (Å²) in [5.74, 6) is 0. The van der Waals surface area contributed by atoms with E-state index in [2.05, 4.69) is 17.3 Å². The van der Waals surface area contributed by atoms with Gasteiger partial charge in [0.05, 0.1) is 9.88 Å². The molecule has 0 aliphatic rings. The Hall–Kier alpha value is -0.850. The van der Waals surface area contributed by atoms with Gasteiger partial charge < -0.3 is 0 Å². The first-order valence-electron chi connectivity index (χ1n) is 2.61. The molecule has 0 unspecified atom stereocenters. The molecule has 0 spiro atoms. The van der Waals surface area contributed by atoms with Gasteiger partial charge in [0.25, 0.3) is 0 Å². The lowest BCUT2D eigenvalue weighted by Gasteiger charge is -1.72. The summed E-state index contributed by atoms with van der Waals surface area (Å²) in [5, 5.41) is 1.08. The summed E-state index contributed by atoms with van der Waals surface area (Å²) in [7, 11) is 0. The zero-order valence-corrected chi connectivity index (χ0v) is 6.03. The molecule has 0 fully saturated rings. The van der Waals surface area contributed by atoms with Crippen LogP contribution in [0.25, 0.3) is 6.08 Å². The molecule has 0 saturated heterocycles. The molecular weight excluding hydrogens is 130 g/mol. The van der Waals surface area contributed by atoms with Crippen LogP contribution >= 0.6 is 11.3 Å². The smallest absolute Gasteiger partial charge is 0.0900 e. The molecule has 2 heteroatoms. The van der Waals surface area contributed by atoms with Gasteiger partial charge in [-0.05, 0) is 13.0 Å². The monoisotopic (exact) mass is 137 g/mol. The van der Waals surface area contributed by atoms with Gasteiger partial charge in [-0.2, -0.15) is 0 Å². The number of thiazole rings is 1. The van der Waals surface area contributed by atoms with Crippen molar-refractivity contribution in [3.8, 4) is 0 Å². The van der Waals surface area contributed by atoms with Crippen LogP contribution in [0.3, 0.4) is 0 Å². The summed E-state index contributed by atoms with van der Waals surface area (Å²) in [6, 6.07) is 0. The number of hydrogen-bond donors (Lipinski definition) is 0. The molecule has 0 saturated carbocycles. The molecule has 1 rings (SSSR count). The van der Waals surface area contributed by atoms with E-state index < -0.39 is 0 Å². The average molecular weight is 137 g/mol. The lowest BCUT2D eigenvalue weighted by atomic mass is 10.5. The Morgan fingerprint density at radius 1 is 1.89 bits per heavy atom. The van der Waals surface area contributed by atoms with E-state index in [-0.39, 0.29) is 0 Å². The van der Waals surface area contributed by atoms with Crippen LogP contribution in [-0.2, 0) is 0 Å². The van der Waals surface area contributed by atoms with Crippen molar-refractivity contribution in [1.82, 2.24) is 4.98 Å². The maximum atomic E-state index is 4.05. The van der Waals surface area contributed by atoms with Crippen molar-refractivity contribution in [1.29, 1.82) is 0 Å².